The number of hydrogen-bond acceptors (Lipinski definition) is 6. The highest BCUT2D eigenvalue weighted by Crippen LogP contribution is 2.69. The minimum Gasteiger partial charge on any atom is -0.480 e. The molecular formula is C26H28ClF2N3O5. The number of halogens is 3. The fraction of sp³-hybridized carbons (Fsp3) is 0.577. The fourth-order valence-corrected chi connectivity index (χ4v) is 6.69. The summed E-state index contributed by atoms with van der Waals surface area (Å²) >= 11 is 5.99. The minimum absolute atomic E-state index is 0.00732. The number of amides is 1. The van der Waals surface area contributed by atoms with Crippen molar-refractivity contribution in [3.63, 3.8) is 0 Å². The molecule has 1 aromatic carbocycles. The number of benzene rings is 1. The average Bonchev–Trinajstić information content (AvgIpc) is 3.23. The molecule has 1 aromatic heterocycles. The van der Waals surface area contributed by atoms with Crippen LogP contribution >= 0.6 is 11.6 Å². The van der Waals surface area contributed by atoms with Crippen LogP contribution in [0.4, 0.5) is 8.78 Å². The first kappa shape index (κ1) is 24.8. The second-order valence-corrected chi connectivity index (χ2v) is 11.8. The number of nitrogens with one attached hydrogen (secondary N) is 1. The van der Waals surface area contributed by atoms with Crippen molar-refractivity contribution in [3.05, 3.63) is 46.7 Å². The molecule has 37 heavy (non-hydrogen) atoms. The molecule has 4 fully saturated rings. The SMILES string of the molecule is CC(F)(F)OC1CC(n2cc(C(=O)CC34CC(NC(=O)[C@H]5C[C@@H](O)c6cc(Cl)ccc6O5)(C3)C4)cn2)C1. The van der Waals surface area contributed by atoms with Crippen molar-refractivity contribution in [1.29, 1.82) is 0 Å². The van der Waals surface area contributed by atoms with Crippen LogP contribution in [-0.4, -0.2) is 50.4 Å². The Balaban J connectivity index is 0.983. The number of ketones is 1. The van der Waals surface area contributed by atoms with Gasteiger partial charge in [-0.2, -0.15) is 13.9 Å². The molecule has 0 saturated heterocycles. The molecule has 7 rings (SSSR count). The Bertz CT molecular complexity index is 1240. The third kappa shape index (κ3) is 4.64. The van der Waals surface area contributed by atoms with Gasteiger partial charge in [0.05, 0.1) is 30.0 Å². The second-order valence-electron chi connectivity index (χ2n) is 11.3. The van der Waals surface area contributed by atoms with E-state index in [9.17, 15) is 23.5 Å². The summed E-state index contributed by atoms with van der Waals surface area (Å²) in [6.45, 7) is 0.732. The van der Waals surface area contributed by atoms with Crippen molar-refractivity contribution in [3.8, 4) is 5.75 Å². The Morgan fingerprint density at radius 2 is 2.03 bits per heavy atom. The van der Waals surface area contributed by atoms with Crippen LogP contribution in [0.5, 0.6) is 5.75 Å². The van der Waals surface area contributed by atoms with Crippen LogP contribution in [0.2, 0.25) is 5.02 Å². The van der Waals surface area contributed by atoms with Crippen LogP contribution in [0.1, 0.15) is 79.9 Å². The van der Waals surface area contributed by atoms with E-state index >= 15 is 0 Å². The van der Waals surface area contributed by atoms with Gasteiger partial charge in [0.15, 0.2) is 11.9 Å². The lowest BCUT2D eigenvalue weighted by atomic mass is 9.38. The number of aromatic nitrogens is 2. The summed E-state index contributed by atoms with van der Waals surface area (Å²) in [6.07, 6.45) is 1.51. The molecule has 1 amide bonds. The van der Waals surface area contributed by atoms with E-state index in [0.29, 0.717) is 41.2 Å². The van der Waals surface area contributed by atoms with E-state index in [0.717, 1.165) is 26.2 Å². The third-order valence-electron chi connectivity index (χ3n) is 8.14. The van der Waals surface area contributed by atoms with Gasteiger partial charge in [0.1, 0.15) is 5.75 Å². The monoisotopic (exact) mass is 535 g/mol. The van der Waals surface area contributed by atoms with Gasteiger partial charge in [-0.3, -0.25) is 14.3 Å². The van der Waals surface area contributed by atoms with E-state index < -0.39 is 24.4 Å². The van der Waals surface area contributed by atoms with E-state index in [1.807, 2.05) is 0 Å². The molecule has 0 radical (unpaired) electrons. The van der Waals surface area contributed by atoms with Crippen molar-refractivity contribution in [2.45, 2.75) is 87.9 Å². The Morgan fingerprint density at radius 3 is 2.73 bits per heavy atom. The number of fused-ring (bicyclic) bond motifs is 1. The Morgan fingerprint density at radius 1 is 1.30 bits per heavy atom. The number of rotatable bonds is 8. The number of ether oxygens (including phenoxy) is 2. The van der Waals surface area contributed by atoms with E-state index in [2.05, 4.69) is 15.2 Å². The molecule has 2 atom stereocenters. The van der Waals surface area contributed by atoms with Crippen LogP contribution in [0, 0.1) is 5.41 Å². The summed E-state index contributed by atoms with van der Waals surface area (Å²) in [4.78, 5) is 25.8. The molecule has 1 aliphatic heterocycles. The van der Waals surface area contributed by atoms with Crippen LogP contribution in [-0.2, 0) is 9.53 Å². The quantitative estimate of drug-likeness (QED) is 0.487. The summed E-state index contributed by atoms with van der Waals surface area (Å²) < 4.78 is 38.1. The van der Waals surface area contributed by atoms with Gasteiger partial charge in [0.2, 0.25) is 0 Å². The molecule has 4 saturated carbocycles. The highest BCUT2D eigenvalue weighted by molar-refractivity contribution is 6.30. The fourth-order valence-electron chi connectivity index (χ4n) is 6.51. The molecule has 2 heterocycles. The minimum atomic E-state index is -3.15. The molecule has 5 aliphatic rings. The van der Waals surface area contributed by atoms with E-state index in [1.165, 1.54) is 6.20 Å². The van der Waals surface area contributed by atoms with Crippen LogP contribution < -0.4 is 10.1 Å². The zero-order valence-corrected chi connectivity index (χ0v) is 21.0. The molecule has 2 aromatic rings. The van der Waals surface area contributed by atoms with Gasteiger partial charge in [-0.05, 0) is 55.7 Å². The molecule has 198 valence electrons. The van der Waals surface area contributed by atoms with Gasteiger partial charge in [-0.25, -0.2) is 0 Å². The van der Waals surface area contributed by atoms with Crippen molar-refractivity contribution in [2.24, 2.45) is 5.41 Å². The van der Waals surface area contributed by atoms with E-state index in [4.69, 9.17) is 16.3 Å². The smallest absolute Gasteiger partial charge is 0.353 e. The first-order chi connectivity index (χ1) is 17.4. The number of Topliss-reactive ketones (excluding diaryl/α,β-unsaturated/α-hetero) is 1. The summed E-state index contributed by atoms with van der Waals surface area (Å²) in [5, 5.41) is 18.3. The molecule has 4 aliphatic carbocycles. The largest absolute Gasteiger partial charge is 0.480 e. The van der Waals surface area contributed by atoms with Gasteiger partial charge >= 0.3 is 6.11 Å². The lowest BCUT2D eigenvalue weighted by Crippen LogP contribution is -2.75. The van der Waals surface area contributed by atoms with Crippen molar-refractivity contribution < 1.29 is 33.0 Å². The first-order valence-corrected chi connectivity index (χ1v) is 12.9. The number of carbonyl (C=O) groups is 2. The maximum Gasteiger partial charge on any atom is 0.353 e. The summed E-state index contributed by atoms with van der Waals surface area (Å²) in [5.74, 6) is 0.188. The lowest BCUT2D eigenvalue weighted by molar-refractivity contribution is -0.267. The number of carbonyl (C=O) groups excluding carboxylic acids is 2. The van der Waals surface area contributed by atoms with Crippen LogP contribution in [0.15, 0.2) is 30.6 Å². The highest BCUT2D eigenvalue weighted by atomic mass is 35.5. The maximum absolute atomic E-state index is 13.0. The maximum atomic E-state index is 13.0. The molecule has 8 nitrogen and oxygen atoms in total. The van der Waals surface area contributed by atoms with Gasteiger partial charge in [-0.1, -0.05) is 11.6 Å². The lowest BCUT2D eigenvalue weighted by Gasteiger charge is -2.70. The van der Waals surface area contributed by atoms with Crippen molar-refractivity contribution in [2.75, 3.05) is 0 Å². The number of alkyl halides is 2. The Hall–Kier alpha value is -2.56. The topological polar surface area (TPSA) is 103 Å². The molecule has 0 spiro atoms. The normalized spacial score (nSPS) is 33.8. The third-order valence-corrected chi connectivity index (χ3v) is 8.37. The summed E-state index contributed by atoms with van der Waals surface area (Å²) in [7, 11) is 0. The van der Waals surface area contributed by atoms with Crippen LogP contribution in [0.25, 0.3) is 0 Å². The number of aliphatic hydroxyl groups excluding tert-OH is 1. The van der Waals surface area contributed by atoms with Crippen LogP contribution in [0.3, 0.4) is 0 Å². The van der Waals surface area contributed by atoms with Gasteiger partial charge < -0.3 is 19.9 Å². The zero-order chi connectivity index (χ0) is 26.2. The summed E-state index contributed by atoms with van der Waals surface area (Å²) in [6, 6.07) is 4.91. The molecule has 0 unspecified atom stereocenters. The van der Waals surface area contributed by atoms with Crippen molar-refractivity contribution in [1.82, 2.24) is 15.1 Å². The summed E-state index contributed by atoms with van der Waals surface area (Å²) in [5.41, 5.74) is 0.649. The first-order valence-electron chi connectivity index (χ1n) is 12.5. The van der Waals surface area contributed by atoms with E-state index in [1.54, 1.807) is 29.1 Å². The highest BCUT2D eigenvalue weighted by Gasteiger charge is 2.68. The molecular weight excluding hydrogens is 508 g/mol. The van der Waals surface area contributed by atoms with Gasteiger partial charge in [0, 0.05) is 42.1 Å². The number of hydrogen-bond donors (Lipinski definition) is 2. The molecule has 11 heteroatoms. The second kappa shape index (κ2) is 8.47. The standard InChI is InChI=1S/C26H28ClF2N3O5/c1-24(28,29)37-17-5-16(6-17)32-10-14(9-30-32)20(34)8-25-11-26(12-25,13-25)31-23(35)22-7-19(33)18-4-15(27)2-3-21(18)36-22/h2-4,9-10,16-17,19,22,33H,5-8,11-13H2,1H3,(H,31,35)/t16?,17?,19-,22-,25?,26?/m1/s1. The predicted molar refractivity (Wildman–Crippen MR) is 128 cm³/mol. The van der Waals surface area contributed by atoms with Gasteiger partial charge in [-0.15, -0.1) is 0 Å². The predicted octanol–water partition coefficient (Wildman–Crippen LogP) is 4.37. The van der Waals surface area contributed by atoms with E-state index in [-0.39, 0.29) is 35.1 Å². The number of nitrogens with zero attached hydrogens (tertiary/aromatic N) is 2. The number of aliphatic hydroxyl groups is 1. The molecule has 2 bridgehead atoms. The Kier molecular flexibility index (Phi) is 5.67. The van der Waals surface area contributed by atoms with Gasteiger partial charge in [0.25, 0.3) is 5.91 Å². The average molecular weight is 536 g/mol. The molecule has 2 N–H and O–H groups in total. The zero-order valence-electron chi connectivity index (χ0n) is 20.3. The van der Waals surface area contributed by atoms with Crippen molar-refractivity contribution >= 4 is 23.3 Å². The Labute approximate surface area is 217 Å².